The molecule has 0 unspecified atom stereocenters. The van der Waals surface area contributed by atoms with Gasteiger partial charge in [0.15, 0.2) is 5.75 Å². The van der Waals surface area contributed by atoms with Crippen LogP contribution in [0, 0.1) is 10.1 Å². The minimum absolute atomic E-state index is 0.108. The zero-order chi connectivity index (χ0) is 17.8. The molecule has 0 saturated heterocycles. The van der Waals surface area contributed by atoms with Gasteiger partial charge in [0.2, 0.25) is 5.13 Å². The lowest BCUT2D eigenvalue weighted by molar-refractivity contribution is -0.385. The third-order valence-corrected chi connectivity index (χ3v) is 5.25. The van der Waals surface area contributed by atoms with Crippen LogP contribution in [0.4, 0.5) is 10.8 Å². The molecule has 0 atom stereocenters. The zero-order valence-electron chi connectivity index (χ0n) is 13.7. The third-order valence-electron chi connectivity index (χ3n) is 4.25. The van der Waals surface area contributed by atoms with E-state index in [4.69, 9.17) is 4.74 Å². The second kappa shape index (κ2) is 7.56. The average molecular weight is 362 g/mol. The van der Waals surface area contributed by atoms with Crippen LogP contribution in [-0.2, 0) is 0 Å². The van der Waals surface area contributed by atoms with Crippen molar-refractivity contribution in [2.75, 3.05) is 12.4 Å². The quantitative estimate of drug-likeness (QED) is 0.641. The van der Waals surface area contributed by atoms with E-state index in [2.05, 4.69) is 15.5 Å². The maximum atomic E-state index is 12.3. The number of aromatic nitrogens is 2. The molecule has 0 bridgehead atoms. The highest BCUT2D eigenvalue weighted by Crippen LogP contribution is 2.35. The van der Waals surface area contributed by atoms with Gasteiger partial charge in [0.05, 0.1) is 12.0 Å². The standard InChI is InChI=1S/C16H18N4O4S/c1-24-13-8-7-11(9-12(13)20(22)23)14(21)17-16-19-18-15(25-16)10-5-3-2-4-6-10/h7-10H,2-6H2,1H3,(H,17,19,21). The molecule has 9 heteroatoms. The van der Waals surface area contributed by atoms with Crippen molar-refractivity contribution in [2.24, 2.45) is 0 Å². The van der Waals surface area contributed by atoms with Crippen LogP contribution >= 0.6 is 11.3 Å². The van der Waals surface area contributed by atoms with E-state index in [1.807, 2.05) is 0 Å². The number of nitro benzene ring substituents is 1. The third kappa shape index (κ3) is 3.93. The van der Waals surface area contributed by atoms with Gasteiger partial charge in [-0.05, 0) is 25.0 Å². The molecule has 1 aromatic heterocycles. The van der Waals surface area contributed by atoms with Crippen molar-refractivity contribution in [1.29, 1.82) is 0 Å². The maximum Gasteiger partial charge on any atom is 0.311 e. The van der Waals surface area contributed by atoms with Gasteiger partial charge in [-0.15, -0.1) is 10.2 Å². The van der Waals surface area contributed by atoms with E-state index >= 15 is 0 Å². The molecule has 8 nitrogen and oxygen atoms in total. The van der Waals surface area contributed by atoms with E-state index in [0.717, 1.165) is 17.8 Å². The summed E-state index contributed by atoms with van der Waals surface area (Å²) in [5, 5.41) is 23.3. The largest absolute Gasteiger partial charge is 0.490 e. The highest BCUT2D eigenvalue weighted by molar-refractivity contribution is 7.15. The van der Waals surface area contributed by atoms with E-state index < -0.39 is 10.8 Å². The summed E-state index contributed by atoms with van der Waals surface area (Å²) in [6.45, 7) is 0. The Labute approximate surface area is 148 Å². The summed E-state index contributed by atoms with van der Waals surface area (Å²) < 4.78 is 4.94. The number of carbonyl (C=O) groups excluding carboxylic acids is 1. The lowest BCUT2D eigenvalue weighted by atomic mass is 9.90. The molecule has 1 heterocycles. The second-order valence-electron chi connectivity index (χ2n) is 5.88. The van der Waals surface area contributed by atoms with Crippen molar-refractivity contribution in [2.45, 2.75) is 38.0 Å². The van der Waals surface area contributed by atoms with Crippen molar-refractivity contribution < 1.29 is 14.5 Å². The molecule has 2 aromatic rings. The summed E-state index contributed by atoms with van der Waals surface area (Å²) >= 11 is 1.37. The molecule has 1 saturated carbocycles. The van der Waals surface area contributed by atoms with Gasteiger partial charge in [-0.3, -0.25) is 20.2 Å². The lowest BCUT2D eigenvalue weighted by Crippen LogP contribution is -2.12. The highest BCUT2D eigenvalue weighted by Gasteiger charge is 2.22. The number of methoxy groups -OCH3 is 1. The summed E-state index contributed by atoms with van der Waals surface area (Å²) in [6, 6.07) is 4.07. The highest BCUT2D eigenvalue weighted by atomic mass is 32.1. The topological polar surface area (TPSA) is 107 Å². The Balaban J connectivity index is 1.73. The number of amides is 1. The average Bonchev–Trinajstić information content (AvgIpc) is 3.10. The molecule has 1 aromatic carbocycles. The number of anilines is 1. The molecule has 0 radical (unpaired) electrons. The Kier molecular flexibility index (Phi) is 5.22. The molecule has 0 spiro atoms. The molecule has 25 heavy (non-hydrogen) atoms. The van der Waals surface area contributed by atoms with Crippen molar-refractivity contribution in [1.82, 2.24) is 10.2 Å². The van der Waals surface area contributed by atoms with Crippen LogP contribution in [-0.4, -0.2) is 28.1 Å². The Hall–Kier alpha value is -2.55. The first-order valence-electron chi connectivity index (χ1n) is 8.05. The van der Waals surface area contributed by atoms with E-state index in [0.29, 0.717) is 11.0 Å². The molecular weight excluding hydrogens is 344 g/mol. The number of benzene rings is 1. The van der Waals surface area contributed by atoms with Gasteiger partial charge in [-0.25, -0.2) is 0 Å². The monoisotopic (exact) mass is 362 g/mol. The van der Waals surface area contributed by atoms with Crippen molar-refractivity contribution in [3.63, 3.8) is 0 Å². The Morgan fingerprint density at radius 2 is 2.08 bits per heavy atom. The van der Waals surface area contributed by atoms with Gasteiger partial charge in [0.25, 0.3) is 5.91 Å². The summed E-state index contributed by atoms with van der Waals surface area (Å²) in [6.07, 6.45) is 5.86. The van der Waals surface area contributed by atoms with E-state index in [-0.39, 0.29) is 17.0 Å². The first-order valence-corrected chi connectivity index (χ1v) is 8.87. The van der Waals surface area contributed by atoms with Crippen LogP contribution in [0.5, 0.6) is 5.75 Å². The van der Waals surface area contributed by atoms with Crippen LogP contribution < -0.4 is 10.1 Å². The molecular formula is C16H18N4O4S. The summed E-state index contributed by atoms with van der Waals surface area (Å²) in [4.78, 5) is 22.8. The second-order valence-corrected chi connectivity index (χ2v) is 6.89. The van der Waals surface area contributed by atoms with Crippen molar-refractivity contribution in [3.05, 3.63) is 38.9 Å². The first-order chi connectivity index (χ1) is 12.1. The van der Waals surface area contributed by atoms with Crippen LogP contribution in [0.1, 0.15) is 53.4 Å². The zero-order valence-corrected chi connectivity index (χ0v) is 14.5. The summed E-state index contributed by atoms with van der Waals surface area (Å²) in [5.41, 5.74) is -0.0859. The van der Waals surface area contributed by atoms with Crippen LogP contribution in [0.2, 0.25) is 0 Å². The predicted molar refractivity (Wildman–Crippen MR) is 93.3 cm³/mol. The number of nitrogens with one attached hydrogen (secondary N) is 1. The van der Waals surface area contributed by atoms with Crippen molar-refractivity contribution >= 4 is 28.1 Å². The molecule has 1 N–H and O–H groups in total. The van der Waals surface area contributed by atoms with Crippen LogP contribution in [0.25, 0.3) is 0 Å². The van der Waals surface area contributed by atoms with Gasteiger partial charge >= 0.3 is 5.69 Å². The maximum absolute atomic E-state index is 12.3. The SMILES string of the molecule is COc1ccc(C(=O)Nc2nnc(C3CCCCC3)s2)cc1[N+](=O)[O-]. The van der Waals surface area contributed by atoms with E-state index in [1.165, 1.54) is 55.9 Å². The molecule has 0 aliphatic heterocycles. The van der Waals surface area contributed by atoms with Gasteiger partial charge in [0.1, 0.15) is 5.01 Å². The van der Waals surface area contributed by atoms with Crippen molar-refractivity contribution in [3.8, 4) is 5.75 Å². The van der Waals surface area contributed by atoms with E-state index in [9.17, 15) is 14.9 Å². The number of nitrogens with zero attached hydrogens (tertiary/aromatic N) is 3. The molecule has 132 valence electrons. The van der Waals surface area contributed by atoms with E-state index in [1.54, 1.807) is 0 Å². The van der Waals surface area contributed by atoms with Gasteiger partial charge in [-0.1, -0.05) is 30.6 Å². The fraction of sp³-hybridized carbons (Fsp3) is 0.438. The molecule has 1 amide bonds. The molecule has 1 aliphatic carbocycles. The number of carbonyl (C=O) groups is 1. The van der Waals surface area contributed by atoms with Crippen LogP contribution in [0.15, 0.2) is 18.2 Å². The minimum Gasteiger partial charge on any atom is -0.490 e. The minimum atomic E-state index is -0.582. The number of ether oxygens (including phenoxy) is 1. The smallest absolute Gasteiger partial charge is 0.311 e. The molecule has 3 rings (SSSR count). The first kappa shape index (κ1) is 17.3. The van der Waals surface area contributed by atoms with Gasteiger partial charge in [-0.2, -0.15) is 0 Å². The fourth-order valence-electron chi connectivity index (χ4n) is 2.94. The normalized spacial score (nSPS) is 14.9. The number of rotatable bonds is 5. The number of hydrogen-bond donors (Lipinski definition) is 1. The molecule has 1 aliphatic rings. The summed E-state index contributed by atoms with van der Waals surface area (Å²) in [7, 11) is 1.34. The van der Waals surface area contributed by atoms with Crippen LogP contribution in [0.3, 0.4) is 0 Å². The Morgan fingerprint density at radius 1 is 1.32 bits per heavy atom. The summed E-state index contributed by atoms with van der Waals surface area (Å²) in [5.74, 6) is 0.0631. The van der Waals surface area contributed by atoms with Gasteiger partial charge < -0.3 is 4.74 Å². The Morgan fingerprint density at radius 3 is 2.76 bits per heavy atom. The molecule has 1 fully saturated rings. The number of hydrogen-bond acceptors (Lipinski definition) is 7. The lowest BCUT2D eigenvalue weighted by Gasteiger charge is -2.18. The number of nitro groups is 1. The fourth-order valence-corrected chi connectivity index (χ4v) is 3.85. The Bertz CT molecular complexity index is 786. The predicted octanol–water partition coefficient (Wildman–Crippen LogP) is 3.75. The van der Waals surface area contributed by atoms with Gasteiger partial charge in [0, 0.05) is 17.5 Å².